The van der Waals surface area contributed by atoms with Gasteiger partial charge in [-0.25, -0.2) is 4.98 Å². The van der Waals surface area contributed by atoms with Gasteiger partial charge in [0.2, 0.25) is 0 Å². The quantitative estimate of drug-likeness (QED) is 0.655. The molecular formula is C19H21ClN4O2. The Bertz CT molecular complexity index is 881. The van der Waals surface area contributed by atoms with Gasteiger partial charge in [-0.2, -0.15) is 5.10 Å². The van der Waals surface area contributed by atoms with Crippen LogP contribution in [0, 0.1) is 0 Å². The summed E-state index contributed by atoms with van der Waals surface area (Å²) in [5.41, 5.74) is 7.97. The Balaban J connectivity index is 1.89. The minimum Gasteiger partial charge on any atom is -0.490 e. The van der Waals surface area contributed by atoms with E-state index in [0.717, 1.165) is 11.1 Å². The van der Waals surface area contributed by atoms with E-state index in [1.807, 2.05) is 50.2 Å². The third-order valence-corrected chi connectivity index (χ3v) is 4.17. The van der Waals surface area contributed by atoms with Gasteiger partial charge in [-0.3, -0.25) is 5.10 Å². The van der Waals surface area contributed by atoms with Crippen LogP contribution in [0.3, 0.4) is 0 Å². The summed E-state index contributed by atoms with van der Waals surface area (Å²) in [7, 11) is 0. The average Bonchev–Trinajstić information content (AvgIpc) is 3.13. The lowest BCUT2D eigenvalue weighted by atomic mass is 10.1. The topological polar surface area (TPSA) is 86.0 Å². The molecule has 0 fully saturated rings. The van der Waals surface area contributed by atoms with Gasteiger partial charge < -0.3 is 15.2 Å². The van der Waals surface area contributed by atoms with Crippen LogP contribution in [0.1, 0.15) is 31.3 Å². The normalized spacial score (nSPS) is 12.0. The van der Waals surface area contributed by atoms with E-state index in [0.29, 0.717) is 41.4 Å². The minimum atomic E-state index is -0.478. The molecule has 136 valence electrons. The van der Waals surface area contributed by atoms with Gasteiger partial charge in [0.15, 0.2) is 17.3 Å². The van der Waals surface area contributed by atoms with Crippen molar-refractivity contribution in [2.75, 3.05) is 13.2 Å². The maximum atomic E-state index is 6.37. The Morgan fingerprint density at radius 3 is 2.54 bits per heavy atom. The third kappa shape index (κ3) is 3.81. The number of nitrogens with two attached hydrogens (primary N) is 1. The number of hydrogen-bond acceptors (Lipinski definition) is 5. The van der Waals surface area contributed by atoms with Gasteiger partial charge in [0.05, 0.1) is 24.3 Å². The molecule has 0 saturated carbocycles. The van der Waals surface area contributed by atoms with Crippen LogP contribution in [0.15, 0.2) is 42.5 Å². The average molecular weight is 373 g/mol. The van der Waals surface area contributed by atoms with Gasteiger partial charge >= 0.3 is 0 Å². The summed E-state index contributed by atoms with van der Waals surface area (Å²) in [5, 5.41) is 7.74. The number of halogens is 1. The number of benzene rings is 2. The molecule has 26 heavy (non-hydrogen) atoms. The van der Waals surface area contributed by atoms with Crippen molar-refractivity contribution in [2.45, 2.75) is 19.9 Å². The Morgan fingerprint density at radius 2 is 1.81 bits per heavy atom. The van der Waals surface area contributed by atoms with Crippen LogP contribution in [0.4, 0.5) is 0 Å². The molecule has 0 spiro atoms. The molecule has 0 aliphatic heterocycles. The van der Waals surface area contributed by atoms with E-state index in [1.54, 1.807) is 6.07 Å². The molecule has 6 nitrogen and oxygen atoms in total. The molecule has 0 bridgehead atoms. The first kappa shape index (κ1) is 18.2. The van der Waals surface area contributed by atoms with Crippen molar-refractivity contribution >= 4 is 11.6 Å². The van der Waals surface area contributed by atoms with Crippen LogP contribution in [-0.4, -0.2) is 28.4 Å². The van der Waals surface area contributed by atoms with E-state index in [4.69, 9.17) is 26.8 Å². The highest BCUT2D eigenvalue weighted by Gasteiger charge is 2.18. The number of aromatic nitrogens is 3. The zero-order valence-electron chi connectivity index (χ0n) is 14.7. The number of rotatable bonds is 7. The summed E-state index contributed by atoms with van der Waals surface area (Å²) >= 11 is 6.21. The highest BCUT2D eigenvalue weighted by Crippen LogP contribution is 2.32. The monoisotopic (exact) mass is 372 g/mol. The Hall–Kier alpha value is -2.57. The first-order chi connectivity index (χ1) is 12.6. The van der Waals surface area contributed by atoms with Gasteiger partial charge in [-0.15, -0.1) is 0 Å². The smallest absolute Gasteiger partial charge is 0.182 e. The first-order valence-corrected chi connectivity index (χ1v) is 8.84. The molecule has 0 aliphatic carbocycles. The molecule has 1 aromatic heterocycles. The first-order valence-electron chi connectivity index (χ1n) is 8.46. The van der Waals surface area contributed by atoms with Crippen LogP contribution >= 0.6 is 11.6 Å². The number of nitrogens with one attached hydrogen (secondary N) is 1. The maximum Gasteiger partial charge on any atom is 0.182 e. The van der Waals surface area contributed by atoms with Crippen LogP contribution in [-0.2, 0) is 0 Å². The molecule has 2 aromatic carbocycles. The Morgan fingerprint density at radius 1 is 1.08 bits per heavy atom. The van der Waals surface area contributed by atoms with Gasteiger partial charge in [-0.1, -0.05) is 29.8 Å². The van der Waals surface area contributed by atoms with Crippen LogP contribution in [0.2, 0.25) is 5.02 Å². The molecule has 0 saturated heterocycles. The van der Waals surface area contributed by atoms with E-state index in [9.17, 15) is 0 Å². The number of aromatic amines is 1. The SMILES string of the molecule is CCOc1ccc([C@@H](N)c2nc(-c3ccccc3Cl)n[nH]2)cc1OCC. The van der Waals surface area contributed by atoms with Crippen molar-refractivity contribution in [1.29, 1.82) is 0 Å². The molecule has 3 N–H and O–H groups in total. The molecule has 1 heterocycles. The maximum absolute atomic E-state index is 6.37. The fourth-order valence-electron chi connectivity index (χ4n) is 2.60. The molecule has 0 unspecified atom stereocenters. The lowest BCUT2D eigenvalue weighted by Crippen LogP contribution is -2.14. The molecule has 3 aromatic rings. The van der Waals surface area contributed by atoms with Crippen LogP contribution in [0.5, 0.6) is 11.5 Å². The van der Waals surface area contributed by atoms with E-state index in [2.05, 4.69) is 15.2 Å². The zero-order chi connectivity index (χ0) is 18.5. The van der Waals surface area contributed by atoms with Crippen molar-refractivity contribution in [1.82, 2.24) is 15.2 Å². The molecule has 3 rings (SSSR count). The summed E-state index contributed by atoms with van der Waals surface area (Å²) < 4.78 is 11.3. The van der Waals surface area contributed by atoms with E-state index < -0.39 is 6.04 Å². The molecular weight excluding hydrogens is 352 g/mol. The fourth-order valence-corrected chi connectivity index (χ4v) is 2.82. The van der Waals surface area contributed by atoms with Crippen molar-refractivity contribution in [3.05, 3.63) is 58.9 Å². The summed E-state index contributed by atoms with van der Waals surface area (Å²) in [6.07, 6.45) is 0. The summed E-state index contributed by atoms with van der Waals surface area (Å²) in [6, 6.07) is 12.6. The minimum absolute atomic E-state index is 0.478. The number of H-pyrrole nitrogens is 1. The van der Waals surface area contributed by atoms with E-state index in [1.165, 1.54) is 0 Å². The number of nitrogens with zero attached hydrogens (tertiary/aromatic N) is 2. The van der Waals surface area contributed by atoms with Crippen molar-refractivity contribution < 1.29 is 9.47 Å². The number of ether oxygens (including phenoxy) is 2. The third-order valence-electron chi connectivity index (χ3n) is 3.84. The lowest BCUT2D eigenvalue weighted by molar-refractivity contribution is 0.287. The van der Waals surface area contributed by atoms with Crippen molar-refractivity contribution in [2.24, 2.45) is 5.73 Å². The van der Waals surface area contributed by atoms with Crippen LogP contribution < -0.4 is 15.2 Å². The standard InChI is InChI=1S/C19H21ClN4O2/c1-3-25-15-10-9-12(11-16(15)26-4-2)17(21)19-22-18(23-24-19)13-7-5-6-8-14(13)20/h5-11,17H,3-4,21H2,1-2H3,(H,22,23,24)/t17-/m1/s1. The zero-order valence-corrected chi connectivity index (χ0v) is 15.5. The molecule has 7 heteroatoms. The molecule has 0 radical (unpaired) electrons. The Kier molecular flexibility index (Phi) is 5.75. The predicted octanol–water partition coefficient (Wildman–Crippen LogP) is 3.97. The summed E-state index contributed by atoms with van der Waals surface area (Å²) in [5.74, 6) is 2.41. The van der Waals surface area contributed by atoms with Gasteiger partial charge in [0.1, 0.15) is 5.82 Å². The van der Waals surface area contributed by atoms with Gasteiger partial charge in [0, 0.05) is 5.56 Å². The second-order valence-electron chi connectivity index (χ2n) is 5.57. The second kappa shape index (κ2) is 8.21. The summed E-state index contributed by atoms with van der Waals surface area (Å²) in [6.45, 7) is 4.96. The molecule has 0 aliphatic rings. The van der Waals surface area contributed by atoms with Gasteiger partial charge in [-0.05, 0) is 43.7 Å². The number of hydrogen-bond donors (Lipinski definition) is 2. The van der Waals surface area contributed by atoms with Crippen molar-refractivity contribution in [3.63, 3.8) is 0 Å². The molecule has 0 amide bonds. The highest BCUT2D eigenvalue weighted by atomic mass is 35.5. The predicted molar refractivity (Wildman–Crippen MR) is 102 cm³/mol. The van der Waals surface area contributed by atoms with Crippen molar-refractivity contribution in [3.8, 4) is 22.9 Å². The van der Waals surface area contributed by atoms with Gasteiger partial charge in [0.25, 0.3) is 0 Å². The Labute approximate surface area is 157 Å². The van der Waals surface area contributed by atoms with E-state index in [-0.39, 0.29) is 0 Å². The van der Waals surface area contributed by atoms with Crippen LogP contribution in [0.25, 0.3) is 11.4 Å². The molecule has 1 atom stereocenters. The van der Waals surface area contributed by atoms with E-state index >= 15 is 0 Å². The summed E-state index contributed by atoms with van der Waals surface area (Å²) in [4.78, 5) is 4.50. The lowest BCUT2D eigenvalue weighted by Gasteiger charge is -2.14. The highest BCUT2D eigenvalue weighted by molar-refractivity contribution is 6.33. The largest absolute Gasteiger partial charge is 0.490 e. The second-order valence-corrected chi connectivity index (χ2v) is 5.98. The fraction of sp³-hybridized carbons (Fsp3) is 0.263.